The van der Waals surface area contributed by atoms with Gasteiger partial charge in [-0.2, -0.15) is 14.0 Å². The van der Waals surface area contributed by atoms with Crippen molar-refractivity contribution in [3.05, 3.63) is 59.2 Å². The number of benzene rings is 2. The molecule has 0 N–H and O–H groups in total. The van der Waals surface area contributed by atoms with Gasteiger partial charge in [-0.1, -0.05) is 12.1 Å². The van der Waals surface area contributed by atoms with Crippen LogP contribution in [0.15, 0.2) is 30.3 Å². The maximum atomic E-state index is 13.3. The summed E-state index contributed by atoms with van der Waals surface area (Å²) in [6, 6.07) is 8.33. The van der Waals surface area contributed by atoms with Crippen molar-refractivity contribution in [2.75, 3.05) is 13.2 Å². The molecule has 0 unspecified atom stereocenters. The summed E-state index contributed by atoms with van der Waals surface area (Å²) >= 11 is 0. The molecular weight excluding hydrogens is 302 g/mol. The van der Waals surface area contributed by atoms with Crippen molar-refractivity contribution >= 4 is 0 Å². The first kappa shape index (κ1) is 15.6. The molecule has 0 bridgehead atoms. The average Bonchev–Trinajstić information content (AvgIpc) is 2.52. The smallest absolute Gasteiger partial charge is 0.203 e. The highest BCUT2D eigenvalue weighted by atomic mass is 19.2. The average molecular weight is 311 g/mol. The predicted molar refractivity (Wildman–Crippen MR) is 68.4 cm³/mol. The predicted octanol–water partition coefficient (Wildman–Crippen LogP) is 3.57. The molecule has 0 fully saturated rings. The summed E-state index contributed by atoms with van der Waals surface area (Å²) < 4.78 is 62.5. The Bertz CT molecular complexity index is 702. The van der Waals surface area contributed by atoms with Crippen LogP contribution >= 0.6 is 0 Å². The highest BCUT2D eigenvalue weighted by molar-refractivity contribution is 5.42. The Hall–Kier alpha value is -2.75. The van der Waals surface area contributed by atoms with E-state index in [9.17, 15) is 17.6 Å². The first-order chi connectivity index (χ1) is 10.5. The van der Waals surface area contributed by atoms with Crippen LogP contribution in [0.25, 0.3) is 0 Å². The minimum atomic E-state index is -1.61. The Kier molecular flexibility index (Phi) is 4.84. The molecule has 114 valence electrons. The molecule has 0 aliphatic rings. The van der Waals surface area contributed by atoms with Crippen molar-refractivity contribution in [2.45, 2.75) is 0 Å². The van der Waals surface area contributed by atoms with Gasteiger partial charge in [-0.05, 0) is 12.1 Å². The molecule has 0 aliphatic heterocycles. The lowest BCUT2D eigenvalue weighted by molar-refractivity contribution is 0.200. The van der Waals surface area contributed by atoms with Crippen LogP contribution in [0.3, 0.4) is 0 Å². The van der Waals surface area contributed by atoms with E-state index in [-0.39, 0.29) is 30.6 Å². The van der Waals surface area contributed by atoms with Crippen molar-refractivity contribution in [1.82, 2.24) is 0 Å². The van der Waals surface area contributed by atoms with Gasteiger partial charge in [0.05, 0.1) is 5.56 Å². The maximum absolute atomic E-state index is 13.3. The minimum absolute atomic E-state index is 0.0944. The van der Waals surface area contributed by atoms with Gasteiger partial charge < -0.3 is 9.47 Å². The van der Waals surface area contributed by atoms with Gasteiger partial charge >= 0.3 is 0 Å². The molecule has 2 rings (SSSR count). The number of hydrogen-bond acceptors (Lipinski definition) is 3. The molecule has 2 aromatic carbocycles. The number of nitrogens with zero attached hydrogens (tertiary/aromatic N) is 1. The molecule has 3 nitrogen and oxygen atoms in total. The van der Waals surface area contributed by atoms with E-state index in [1.54, 1.807) is 12.1 Å². The Labute approximate surface area is 123 Å². The molecule has 0 saturated heterocycles. The molecule has 2 aromatic rings. The number of para-hydroxylation sites is 1. The number of hydrogen-bond donors (Lipinski definition) is 0. The van der Waals surface area contributed by atoms with Crippen molar-refractivity contribution in [3.8, 4) is 17.6 Å². The van der Waals surface area contributed by atoms with Crippen LogP contribution in [0.2, 0.25) is 0 Å². The van der Waals surface area contributed by atoms with E-state index in [1.165, 1.54) is 12.1 Å². The third kappa shape index (κ3) is 3.28. The summed E-state index contributed by atoms with van der Waals surface area (Å²) in [5, 5.41) is 8.84. The van der Waals surface area contributed by atoms with Gasteiger partial charge in [-0.25, -0.2) is 8.78 Å². The Morgan fingerprint density at radius 3 is 2.14 bits per heavy atom. The molecule has 0 amide bonds. The monoisotopic (exact) mass is 311 g/mol. The minimum Gasteiger partial charge on any atom is -0.489 e. The zero-order chi connectivity index (χ0) is 16.1. The van der Waals surface area contributed by atoms with Crippen molar-refractivity contribution in [1.29, 1.82) is 5.26 Å². The molecule has 22 heavy (non-hydrogen) atoms. The Morgan fingerprint density at radius 1 is 0.909 bits per heavy atom. The van der Waals surface area contributed by atoms with E-state index in [0.29, 0.717) is 0 Å². The van der Waals surface area contributed by atoms with Crippen molar-refractivity contribution in [2.24, 2.45) is 0 Å². The van der Waals surface area contributed by atoms with E-state index in [1.807, 2.05) is 6.07 Å². The van der Waals surface area contributed by atoms with Crippen LogP contribution in [-0.2, 0) is 0 Å². The number of rotatable bonds is 5. The van der Waals surface area contributed by atoms with Crippen LogP contribution in [0, 0.1) is 34.6 Å². The van der Waals surface area contributed by atoms with Crippen LogP contribution in [-0.4, -0.2) is 13.2 Å². The molecule has 0 saturated carbocycles. The summed E-state index contributed by atoms with van der Waals surface area (Å²) in [6.07, 6.45) is 0. The first-order valence-electron chi connectivity index (χ1n) is 6.12. The van der Waals surface area contributed by atoms with Gasteiger partial charge in [0.15, 0.2) is 17.4 Å². The lowest BCUT2D eigenvalue weighted by atomic mass is 10.2. The zero-order valence-electron chi connectivity index (χ0n) is 11.1. The Morgan fingerprint density at radius 2 is 1.50 bits per heavy atom. The van der Waals surface area contributed by atoms with Gasteiger partial charge in [0.2, 0.25) is 11.6 Å². The quantitative estimate of drug-likeness (QED) is 0.481. The van der Waals surface area contributed by atoms with Crippen LogP contribution in [0.4, 0.5) is 17.6 Å². The zero-order valence-corrected chi connectivity index (χ0v) is 11.1. The van der Waals surface area contributed by atoms with Crippen LogP contribution < -0.4 is 9.47 Å². The molecular formula is C15H9F4NO2. The van der Waals surface area contributed by atoms with Gasteiger partial charge in [-0.15, -0.1) is 0 Å². The number of ether oxygens (including phenoxy) is 2. The van der Waals surface area contributed by atoms with E-state index < -0.39 is 29.0 Å². The molecule has 0 atom stereocenters. The summed E-state index contributed by atoms with van der Waals surface area (Å²) in [5.41, 5.74) is 0.275. The van der Waals surface area contributed by atoms with E-state index >= 15 is 0 Å². The number of nitriles is 1. The van der Waals surface area contributed by atoms with Gasteiger partial charge in [-0.3, -0.25) is 0 Å². The summed E-state index contributed by atoms with van der Waals surface area (Å²) in [5.74, 6) is -7.21. The number of halogens is 4. The molecule has 0 heterocycles. The van der Waals surface area contributed by atoms with Crippen LogP contribution in [0.5, 0.6) is 11.5 Å². The van der Waals surface area contributed by atoms with Crippen molar-refractivity contribution < 1.29 is 27.0 Å². The second-order valence-electron chi connectivity index (χ2n) is 4.10. The molecule has 0 aliphatic carbocycles. The molecule has 0 radical (unpaired) electrons. The van der Waals surface area contributed by atoms with Crippen molar-refractivity contribution in [3.63, 3.8) is 0 Å². The van der Waals surface area contributed by atoms with E-state index in [0.717, 1.165) is 0 Å². The second-order valence-corrected chi connectivity index (χ2v) is 4.10. The van der Waals surface area contributed by atoms with Gasteiger partial charge in [0, 0.05) is 6.07 Å². The lowest BCUT2D eigenvalue weighted by Gasteiger charge is -2.11. The summed E-state index contributed by atoms with van der Waals surface area (Å²) in [7, 11) is 0. The first-order valence-corrected chi connectivity index (χ1v) is 6.12. The SMILES string of the molecule is N#Cc1ccccc1OCCOc1c(F)c(F)cc(F)c1F. The maximum Gasteiger partial charge on any atom is 0.203 e. The lowest BCUT2D eigenvalue weighted by Crippen LogP contribution is -2.12. The third-order valence-electron chi connectivity index (χ3n) is 2.67. The fourth-order valence-electron chi connectivity index (χ4n) is 1.66. The van der Waals surface area contributed by atoms with Gasteiger partial charge in [0.1, 0.15) is 25.0 Å². The van der Waals surface area contributed by atoms with E-state index in [2.05, 4.69) is 4.74 Å². The van der Waals surface area contributed by atoms with Gasteiger partial charge in [0.25, 0.3) is 0 Å². The molecule has 7 heteroatoms. The summed E-state index contributed by atoms with van der Waals surface area (Å²) in [4.78, 5) is 0. The Balaban J connectivity index is 1.99. The van der Waals surface area contributed by atoms with E-state index in [4.69, 9.17) is 10.00 Å². The largest absolute Gasteiger partial charge is 0.489 e. The fraction of sp³-hybridized carbons (Fsp3) is 0.133. The van der Waals surface area contributed by atoms with Crippen LogP contribution in [0.1, 0.15) is 5.56 Å². The third-order valence-corrected chi connectivity index (χ3v) is 2.67. The molecule has 0 aromatic heterocycles. The topological polar surface area (TPSA) is 42.2 Å². The standard InChI is InChI=1S/C15H9F4NO2/c16-10-7-11(17)14(19)15(13(10)18)22-6-5-21-12-4-2-1-3-9(12)8-20/h1-4,7H,5-6H2. The highest BCUT2D eigenvalue weighted by Gasteiger charge is 2.20. The fourth-order valence-corrected chi connectivity index (χ4v) is 1.66. The second kappa shape index (κ2) is 6.80. The molecule has 0 spiro atoms. The normalized spacial score (nSPS) is 10.1. The summed E-state index contributed by atoms with van der Waals surface area (Å²) in [6.45, 7) is -0.536. The highest BCUT2D eigenvalue weighted by Crippen LogP contribution is 2.26.